The molecule has 2 nitrogen and oxygen atoms in total. The molecule has 0 fully saturated rings. The highest BCUT2D eigenvalue weighted by atomic mass is 15.3. The lowest BCUT2D eigenvalue weighted by molar-refractivity contribution is -0.480. The summed E-state index contributed by atoms with van der Waals surface area (Å²) in [5.74, 6) is 0. The van der Waals surface area contributed by atoms with Crippen molar-refractivity contribution in [2.24, 2.45) is 0 Å². The Bertz CT molecular complexity index is 1880. The smallest absolute Gasteiger partial charge is 0.221 e. The number of nitrogens with zero attached hydrogens (tertiary/aromatic N) is 2. The molecule has 0 saturated heterocycles. The second-order valence-corrected chi connectivity index (χ2v) is 11.4. The van der Waals surface area contributed by atoms with Crippen LogP contribution in [0.5, 0.6) is 0 Å². The maximum Gasteiger partial charge on any atom is 0.245 e. The van der Waals surface area contributed by atoms with Gasteiger partial charge < -0.3 is 0 Å². The van der Waals surface area contributed by atoms with E-state index in [1.807, 2.05) is 0 Å². The summed E-state index contributed by atoms with van der Waals surface area (Å²) in [6, 6.07) is 57.2. The minimum Gasteiger partial charge on any atom is -0.221 e. The maximum atomic E-state index is 2.51. The van der Waals surface area contributed by atoms with Crippen LogP contribution in [0.2, 0.25) is 0 Å². The van der Waals surface area contributed by atoms with Crippen LogP contribution in [-0.4, -0.2) is 10.9 Å². The van der Waals surface area contributed by atoms with E-state index in [1.54, 1.807) is 0 Å². The summed E-state index contributed by atoms with van der Waals surface area (Å²) < 4.78 is 2.51. The highest BCUT2D eigenvalue weighted by Gasteiger charge is 2.47. The first-order valence-electron chi connectivity index (χ1n) is 15.0. The predicted molar refractivity (Wildman–Crippen MR) is 180 cm³/mol. The SMILES string of the molecule is Cc1ccc(-c2ccccc2)c(N2C=[N+](c3cc(C)ccc3-c3ccccc3)C(c3ccccc3)C2c2ccccc2)c1. The number of anilines is 1. The molecule has 0 radical (unpaired) electrons. The molecule has 208 valence electrons. The van der Waals surface area contributed by atoms with Crippen LogP contribution >= 0.6 is 0 Å². The Hall–Kier alpha value is -5.21. The highest BCUT2D eigenvalue weighted by Crippen LogP contribution is 2.49. The Kier molecular flexibility index (Phi) is 7.18. The van der Waals surface area contributed by atoms with Gasteiger partial charge in [-0.05, 0) is 60.4 Å². The Morgan fingerprint density at radius 3 is 1.58 bits per heavy atom. The van der Waals surface area contributed by atoms with E-state index in [0.29, 0.717) is 0 Å². The van der Waals surface area contributed by atoms with Gasteiger partial charge in [0.1, 0.15) is 11.4 Å². The van der Waals surface area contributed by atoms with Crippen LogP contribution in [0.3, 0.4) is 0 Å². The van der Waals surface area contributed by atoms with Gasteiger partial charge >= 0.3 is 0 Å². The normalized spacial score (nSPS) is 16.2. The van der Waals surface area contributed by atoms with Crippen molar-refractivity contribution in [3.05, 3.63) is 180 Å². The first-order chi connectivity index (χ1) is 21.2. The largest absolute Gasteiger partial charge is 0.245 e. The van der Waals surface area contributed by atoms with Gasteiger partial charge in [-0.25, -0.2) is 9.48 Å². The molecule has 2 atom stereocenters. The molecular weight excluding hydrogens is 520 g/mol. The van der Waals surface area contributed by atoms with Gasteiger partial charge in [-0.2, -0.15) is 0 Å². The molecule has 1 aliphatic rings. The first kappa shape index (κ1) is 26.7. The summed E-state index contributed by atoms with van der Waals surface area (Å²) in [5.41, 5.74) is 12.3. The lowest BCUT2D eigenvalue weighted by atomic mass is 9.91. The molecule has 0 aliphatic carbocycles. The van der Waals surface area contributed by atoms with Gasteiger partial charge in [-0.3, -0.25) is 0 Å². The van der Waals surface area contributed by atoms with Crippen molar-refractivity contribution in [3.8, 4) is 22.3 Å². The zero-order valence-electron chi connectivity index (χ0n) is 24.6. The quantitative estimate of drug-likeness (QED) is 0.185. The third kappa shape index (κ3) is 5.17. The molecule has 0 aromatic heterocycles. The van der Waals surface area contributed by atoms with Gasteiger partial charge in [0.2, 0.25) is 6.34 Å². The lowest BCUT2D eigenvalue weighted by Gasteiger charge is -2.26. The van der Waals surface area contributed by atoms with Crippen molar-refractivity contribution < 1.29 is 4.58 Å². The standard InChI is InChI=1S/C41H35N2/c1-30-23-25-36(32-15-7-3-8-16-32)38(27-30)42-29-43(39-28-31(2)24-26-37(39)33-17-9-4-10-18-33)41(35-21-13-6-14-22-35)40(42)34-19-11-5-12-20-34/h3-29,40-41H,1-2H3/q+1. The highest BCUT2D eigenvalue weighted by molar-refractivity contribution is 5.90. The zero-order chi connectivity index (χ0) is 29.2. The molecule has 0 N–H and O–H groups in total. The van der Waals surface area contributed by atoms with E-state index < -0.39 is 0 Å². The fraction of sp³-hybridized carbons (Fsp3) is 0.0976. The number of benzene rings is 6. The fourth-order valence-corrected chi connectivity index (χ4v) is 6.43. The molecular formula is C41H35N2+. The van der Waals surface area contributed by atoms with Gasteiger partial charge in [0, 0.05) is 22.3 Å². The molecule has 2 unspecified atom stereocenters. The second kappa shape index (κ2) is 11.6. The zero-order valence-corrected chi connectivity index (χ0v) is 24.6. The van der Waals surface area contributed by atoms with Crippen molar-refractivity contribution >= 4 is 17.7 Å². The molecule has 1 heterocycles. The van der Waals surface area contributed by atoms with Crippen LogP contribution in [0.1, 0.15) is 34.3 Å². The monoisotopic (exact) mass is 555 g/mol. The van der Waals surface area contributed by atoms with E-state index >= 15 is 0 Å². The summed E-state index contributed by atoms with van der Waals surface area (Å²) in [6.45, 7) is 4.37. The van der Waals surface area contributed by atoms with Crippen molar-refractivity contribution in [1.82, 2.24) is 0 Å². The number of rotatable bonds is 6. The Morgan fingerprint density at radius 2 is 0.977 bits per heavy atom. The fourth-order valence-electron chi connectivity index (χ4n) is 6.43. The van der Waals surface area contributed by atoms with E-state index in [-0.39, 0.29) is 12.1 Å². The summed E-state index contributed by atoms with van der Waals surface area (Å²) in [6.07, 6.45) is 2.36. The summed E-state index contributed by atoms with van der Waals surface area (Å²) in [5, 5.41) is 0. The van der Waals surface area contributed by atoms with Crippen LogP contribution in [0.15, 0.2) is 158 Å². The van der Waals surface area contributed by atoms with E-state index in [1.165, 1.54) is 55.9 Å². The minimum atomic E-state index is 0.0389. The average molecular weight is 556 g/mol. The summed E-state index contributed by atoms with van der Waals surface area (Å²) in [7, 11) is 0. The van der Waals surface area contributed by atoms with E-state index in [9.17, 15) is 0 Å². The molecule has 0 bridgehead atoms. The van der Waals surface area contributed by atoms with Crippen molar-refractivity contribution in [2.45, 2.75) is 25.9 Å². The van der Waals surface area contributed by atoms with Gasteiger partial charge in [0.05, 0.1) is 0 Å². The molecule has 6 aromatic carbocycles. The van der Waals surface area contributed by atoms with Crippen molar-refractivity contribution in [1.29, 1.82) is 0 Å². The van der Waals surface area contributed by atoms with Gasteiger partial charge in [-0.1, -0.05) is 133 Å². The number of hydrogen-bond acceptors (Lipinski definition) is 1. The molecule has 2 heteroatoms. The molecule has 1 aliphatic heterocycles. The Morgan fingerprint density at radius 1 is 0.488 bits per heavy atom. The van der Waals surface area contributed by atoms with Crippen LogP contribution < -0.4 is 4.90 Å². The van der Waals surface area contributed by atoms with Crippen LogP contribution in [0.25, 0.3) is 22.3 Å². The van der Waals surface area contributed by atoms with Crippen LogP contribution in [-0.2, 0) is 0 Å². The predicted octanol–water partition coefficient (Wildman–Crippen LogP) is 10.3. The number of aryl methyl sites for hydroxylation is 2. The second-order valence-electron chi connectivity index (χ2n) is 11.4. The molecule has 43 heavy (non-hydrogen) atoms. The van der Waals surface area contributed by atoms with Gasteiger partial charge in [0.25, 0.3) is 0 Å². The van der Waals surface area contributed by atoms with Crippen molar-refractivity contribution in [2.75, 3.05) is 4.90 Å². The molecule has 0 spiro atoms. The third-order valence-corrected chi connectivity index (χ3v) is 8.46. The average Bonchev–Trinajstić information content (AvgIpc) is 3.47. The Balaban J connectivity index is 1.52. The molecule has 0 saturated carbocycles. The van der Waals surface area contributed by atoms with E-state index in [2.05, 4.69) is 187 Å². The third-order valence-electron chi connectivity index (χ3n) is 8.46. The molecule has 7 rings (SSSR count). The maximum absolute atomic E-state index is 2.51. The molecule has 0 amide bonds. The van der Waals surface area contributed by atoms with E-state index in [4.69, 9.17) is 0 Å². The van der Waals surface area contributed by atoms with Crippen LogP contribution in [0, 0.1) is 13.8 Å². The van der Waals surface area contributed by atoms with Gasteiger partial charge in [-0.15, -0.1) is 0 Å². The Labute approximate surface area is 254 Å². The molecule has 6 aromatic rings. The van der Waals surface area contributed by atoms with Crippen LogP contribution in [0.4, 0.5) is 11.4 Å². The number of hydrogen-bond donors (Lipinski definition) is 0. The lowest BCUT2D eigenvalue weighted by Crippen LogP contribution is -2.26. The first-order valence-corrected chi connectivity index (χ1v) is 15.0. The van der Waals surface area contributed by atoms with Crippen molar-refractivity contribution in [3.63, 3.8) is 0 Å². The topological polar surface area (TPSA) is 6.25 Å². The minimum absolute atomic E-state index is 0.0389. The summed E-state index contributed by atoms with van der Waals surface area (Å²) in [4.78, 5) is 2.51. The van der Waals surface area contributed by atoms with Gasteiger partial charge in [0.15, 0.2) is 12.1 Å². The summed E-state index contributed by atoms with van der Waals surface area (Å²) >= 11 is 0. The van der Waals surface area contributed by atoms with E-state index in [0.717, 1.165) is 0 Å².